The lowest BCUT2D eigenvalue weighted by molar-refractivity contribution is 0.102. The second-order valence-corrected chi connectivity index (χ2v) is 4.09. The minimum absolute atomic E-state index is 0.129. The van der Waals surface area contributed by atoms with E-state index in [0.29, 0.717) is 11.3 Å². The summed E-state index contributed by atoms with van der Waals surface area (Å²) in [5, 5.41) is 2.61. The second kappa shape index (κ2) is 6.50. The van der Waals surface area contributed by atoms with E-state index in [1.54, 1.807) is 0 Å². The Kier molecular flexibility index (Phi) is 4.49. The van der Waals surface area contributed by atoms with E-state index >= 15 is 0 Å². The molecule has 0 aliphatic heterocycles. The van der Waals surface area contributed by atoms with E-state index in [-0.39, 0.29) is 17.7 Å². The van der Waals surface area contributed by atoms with Gasteiger partial charge in [0.1, 0.15) is 5.82 Å². The Balaban J connectivity index is 2.28. The number of anilines is 1. The molecule has 0 spiro atoms. The lowest BCUT2D eigenvalue weighted by Gasteiger charge is -2.07. The summed E-state index contributed by atoms with van der Waals surface area (Å²) in [7, 11) is 0. The van der Waals surface area contributed by atoms with Crippen molar-refractivity contribution in [2.45, 2.75) is 0 Å². The number of hydrogen-bond donors (Lipinski definition) is 3. The van der Waals surface area contributed by atoms with Crippen LogP contribution >= 0.6 is 0 Å². The molecule has 1 heterocycles. The molecule has 0 aliphatic carbocycles. The Hall–Kier alpha value is -2.91. The van der Waals surface area contributed by atoms with E-state index in [1.165, 1.54) is 36.5 Å². The SMILES string of the molecule is NCC#Cc1cc(F)ccc1NC(=O)c1ccc(=O)[nH]c1. The maximum atomic E-state index is 13.2. The molecule has 4 N–H and O–H groups in total. The predicted molar refractivity (Wildman–Crippen MR) is 77.3 cm³/mol. The Morgan fingerprint density at radius 1 is 1.33 bits per heavy atom. The third-order valence-electron chi connectivity index (χ3n) is 2.60. The van der Waals surface area contributed by atoms with Gasteiger partial charge in [-0.05, 0) is 24.3 Å². The van der Waals surface area contributed by atoms with Crippen LogP contribution in [0.25, 0.3) is 0 Å². The first-order valence-electron chi connectivity index (χ1n) is 6.09. The lowest BCUT2D eigenvalue weighted by atomic mass is 10.1. The molecule has 106 valence electrons. The topological polar surface area (TPSA) is 88.0 Å². The third-order valence-corrected chi connectivity index (χ3v) is 2.60. The number of pyridine rings is 1. The van der Waals surface area contributed by atoms with Crippen molar-refractivity contribution in [1.82, 2.24) is 4.98 Å². The molecule has 1 aromatic heterocycles. The largest absolute Gasteiger partial charge is 0.328 e. The standard InChI is InChI=1S/C15H12FN3O2/c16-12-4-5-13(10(8-12)2-1-7-17)19-15(21)11-3-6-14(20)18-9-11/h3-6,8-9H,7,17H2,(H,18,20)(H,19,21). The third kappa shape index (κ3) is 3.78. The fourth-order valence-electron chi connectivity index (χ4n) is 1.62. The van der Waals surface area contributed by atoms with Gasteiger partial charge in [0.25, 0.3) is 5.91 Å². The fourth-order valence-corrected chi connectivity index (χ4v) is 1.62. The minimum Gasteiger partial charge on any atom is -0.328 e. The minimum atomic E-state index is -0.460. The number of carbonyl (C=O) groups is 1. The highest BCUT2D eigenvalue weighted by Crippen LogP contribution is 2.17. The summed E-state index contributed by atoms with van der Waals surface area (Å²) < 4.78 is 13.2. The Labute approximate surface area is 120 Å². The van der Waals surface area contributed by atoms with Crippen LogP contribution in [-0.4, -0.2) is 17.4 Å². The molecule has 0 saturated heterocycles. The Bertz CT molecular complexity index is 767. The quantitative estimate of drug-likeness (QED) is 0.721. The molecule has 21 heavy (non-hydrogen) atoms. The zero-order chi connectivity index (χ0) is 15.2. The molecule has 5 nitrogen and oxygen atoms in total. The normalized spacial score (nSPS) is 9.62. The van der Waals surface area contributed by atoms with E-state index in [1.807, 2.05) is 0 Å². The Morgan fingerprint density at radius 2 is 2.14 bits per heavy atom. The monoisotopic (exact) mass is 285 g/mol. The summed E-state index contributed by atoms with van der Waals surface area (Å²) in [6.07, 6.45) is 1.30. The molecule has 0 saturated carbocycles. The lowest BCUT2D eigenvalue weighted by Crippen LogP contribution is -2.15. The number of amides is 1. The molecule has 1 aromatic carbocycles. The molecule has 6 heteroatoms. The van der Waals surface area contributed by atoms with Gasteiger partial charge in [0.2, 0.25) is 5.56 Å². The summed E-state index contributed by atoms with van der Waals surface area (Å²) in [6.45, 7) is 0.129. The van der Waals surface area contributed by atoms with Gasteiger partial charge < -0.3 is 16.0 Å². The zero-order valence-corrected chi connectivity index (χ0v) is 10.9. The van der Waals surface area contributed by atoms with Crippen LogP contribution in [0, 0.1) is 17.7 Å². The summed E-state index contributed by atoms with van der Waals surface area (Å²) >= 11 is 0. The number of nitrogens with one attached hydrogen (secondary N) is 2. The average molecular weight is 285 g/mol. The average Bonchev–Trinajstić information content (AvgIpc) is 2.48. The molecule has 2 rings (SSSR count). The highest BCUT2D eigenvalue weighted by Gasteiger charge is 2.09. The molecule has 0 radical (unpaired) electrons. The Morgan fingerprint density at radius 3 is 2.81 bits per heavy atom. The van der Waals surface area contributed by atoms with Crippen molar-refractivity contribution in [1.29, 1.82) is 0 Å². The van der Waals surface area contributed by atoms with Crippen molar-refractivity contribution in [3.63, 3.8) is 0 Å². The van der Waals surface area contributed by atoms with Gasteiger partial charge >= 0.3 is 0 Å². The smallest absolute Gasteiger partial charge is 0.257 e. The first kappa shape index (κ1) is 14.5. The van der Waals surface area contributed by atoms with Crippen LogP contribution in [0.2, 0.25) is 0 Å². The second-order valence-electron chi connectivity index (χ2n) is 4.09. The van der Waals surface area contributed by atoms with Gasteiger partial charge in [0, 0.05) is 12.3 Å². The van der Waals surface area contributed by atoms with Gasteiger partial charge in [-0.3, -0.25) is 9.59 Å². The van der Waals surface area contributed by atoms with E-state index < -0.39 is 11.7 Å². The number of nitrogens with two attached hydrogens (primary N) is 1. The molecule has 1 amide bonds. The maximum Gasteiger partial charge on any atom is 0.257 e. The summed E-state index contributed by atoms with van der Waals surface area (Å²) in [4.78, 5) is 25.4. The summed E-state index contributed by atoms with van der Waals surface area (Å²) in [5.41, 5.74) is 5.95. The highest BCUT2D eigenvalue weighted by molar-refractivity contribution is 6.04. The molecule has 0 atom stereocenters. The van der Waals surface area contributed by atoms with Crippen molar-refractivity contribution < 1.29 is 9.18 Å². The predicted octanol–water partition coefficient (Wildman–Crippen LogP) is 1.08. The first-order valence-corrected chi connectivity index (χ1v) is 6.09. The van der Waals surface area contributed by atoms with Gasteiger partial charge in [-0.25, -0.2) is 4.39 Å². The van der Waals surface area contributed by atoms with E-state index in [2.05, 4.69) is 22.1 Å². The van der Waals surface area contributed by atoms with Crippen LogP contribution in [0.4, 0.5) is 10.1 Å². The number of hydrogen-bond acceptors (Lipinski definition) is 3. The van der Waals surface area contributed by atoms with Crippen molar-refractivity contribution >= 4 is 11.6 Å². The zero-order valence-electron chi connectivity index (χ0n) is 10.9. The number of H-pyrrole nitrogens is 1. The molecule has 0 aliphatic rings. The van der Waals surface area contributed by atoms with Crippen LogP contribution in [0.1, 0.15) is 15.9 Å². The van der Waals surface area contributed by atoms with Crippen LogP contribution < -0.4 is 16.6 Å². The van der Waals surface area contributed by atoms with Crippen LogP contribution in [0.15, 0.2) is 41.3 Å². The number of halogens is 1. The van der Waals surface area contributed by atoms with Gasteiger partial charge in [-0.2, -0.15) is 0 Å². The number of rotatable bonds is 2. The van der Waals surface area contributed by atoms with Crippen molar-refractivity contribution in [2.75, 3.05) is 11.9 Å². The molecule has 0 fully saturated rings. The highest BCUT2D eigenvalue weighted by atomic mass is 19.1. The van der Waals surface area contributed by atoms with Gasteiger partial charge in [0.05, 0.1) is 23.4 Å². The van der Waals surface area contributed by atoms with Gasteiger partial charge in [-0.15, -0.1) is 0 Å². The molecule has 0 unspecified atom stereocenters. The van der Waals surface area contributed by atoms with E-state index in [9.17, 15) is 14.0 Å². The maximum absolute atomic E-state index is 13.2. The summed E-state index contributed by atoms with van der Waals surface area (Å²) in [5.74, 6) is 4.40. The molecule has 2 aromatic rings. The number of benzene rings is 1. The van der Waals surface area contributed by atoms with E-state index in [4.69, 9.17) is 5.73 Å². The molecule has 0 bridgehead atoms. The van der Waals surface area contributed by atoms with Crippen LogP contribution in [-0.2, 0) is 0 Å². The molecular weight excluding hydrogens is 273 g/mol. The summed E-state index contributed by atoms with van der Waals surface area (Å²) in [6, 6.07) is 6.48. The van der Waals surface area contributed by atoms with Crippen molar-refractivity contribution in [3.05, 3.63) is 63.8 Å². The van der Waals surface area contributed by atoms with Crippen LogP contribution in [0.3, 0.4) is 0 Å². The van der Waals surface area contributed by atoms with E-state index in [0.717, 1.165) is 0 Å². The fraction of sp³-hybridized carbons (Fsp3) is 0.0667. The van der Waals surface area contributed by atoms with Gasteiger partial charge in [-0.1, -0.05) is 11.8 Å². The number of aromatic amines is 1. The number of carbonyl (C=O) groups excluding carboxylic acids is 1. The molecular formula is C15H12FN3O2. The first-order chi connectivity index (χ1) is 10.1. The van der Waals surface area contributed by atoms with Crippen molar-refractivity contribution in [2.24, 2.45) is 5.73 Å². The van der Waals surface area contributed by atoms with Crippen LogP contribution in [0.5, 0.6) is 0 Å². The van der Waals surface area contributed by atoms with Gasteiger partial charge in [0.15, 0.2) is 0 Å². The van der Waals surface area contributed by atoms with Crippen molar-refractivity contribution in [3.8, 4) is 11.8 Å². The number of aromatic nitrogens is 1.